The molecule has 0 spiro atoms. The Morgan fingerprint density at radius 2 is 1.70 bits per heavy atom. The van der Waals surface area contributed by atoms with Crippen molar-refractivity contribution >= 4 is 21.9 Å². The summed E-state index contributed by atoms with van der Waals surface area (Å²) in [5.74, 6) is -1.58. The Morgan fingerprint density at radius 3 is 2.15 bits per heavy atom. The molecular weight excluding hydrogens is 372 g/mol. The first-order valence-corrected chi connectivity index (χ1v) is 10.3. The molecule has 1 aliphatic rings. The van der Waals surface area contributed by atoms with E-state index in [1.165, 1.54) is 25.2 Å². The van der Waals surface area contributed by atoms with Crippen LogP contribution in [0.5, 0.6) is 0 Å². The van der Waals surface area contributed by atoms with E-state index in [4.69, 9.17) is 0 Å². The Morgan fingerprint density at radius 1 is 1.19 bits per heavy atom. The number of nitrogens with one attached hydrogen (secondary N) is 1. The van der Waals surface area contributed by atoms with Crippen molar-refractivity contribution in [2.75, 3.05) is 20.1 Å². The van der Waals surface area contributed by atoms with Crippen molar-refractivity contribution in [3.05, 3.63) is 35.4 Å². The second-order valence-corrected chi connectivity index (χ2v) is 9.36. The van der Waals surface area contributed by atoms with Gasteiger partial charge in [0.15, 0.2) is 0 Å². The molecule has 2 rings (SSSR count). The van der Waals surface area contributed by atoms with Gasteiger partial charge in [-0.05, 0) is 44.4 Å². The Balaban J connectivity index is 2.07. The van der Waals surface area contributed by atoms with Crippen molar-refractivity contribution in [2.45, 2.75) is 38.0 Å². The highest BCUT2D eigenvalue weighted by atomic mass is 32.2. The molecule has 0 aromatic heterocycles. The summed E-state index contributed by atoms with van der Waals surface area (Å²) in [4.78, 5) is 23.0. The minimum atomic E-state index is -3.62. The Hall–Kier alpha value is -1.97. The molecule has 1 saturated heterocycles. The van der Waals surface area contributed by atoms with Crippen LogP contribution in [0, 0.1) is 5.41 Å². The number of benzene rings is 1. The third kappa shape index (κ3) is 4.31. The van der Waals surface area contributed by atoms with E-state index in [1.54, 1.807) is 24.3 Å². The molecule has 1 amide bonds. The molecule has 150 valence electrons. The summed E-state index contributed by atoms with van der Waals surface area (Å²) in [7, 11) is -2.10. The molecule has 9 heteroatoms. The van der Waals surface area contributed by atoms with Crippen LogP contribution in [0.15, 0.2) is 24.3 Å². The van der Waals surface area contributed by atoms with Gasteiger partial charge in [0, 0.05) is 25.7 Å². The Kier molecular flexibility index (Phi) is 5.98. The van der Waals surface area contributed by atoms with Crippen molar-refractivity contribution in [2.24, 2.45) is 5.41 Å². The standard InChI is InChI=1S/C18H26N2O6S/c1-17(2,16(22)23)18(24)8-10-20(11-9-18)27(25,26)12-13-4-6-14(7-5-13)15(21)19-3/h4-7,24H,8-12H2,1-3H3,(H,19,21)(H,22,23). The van der Waals surface area contributed by atoms with Crippen LogP contribution >= 0.6 is 0 Å². The number of rotatable bonds is 6. The molecule has 1 aromatic carbocycles. The van der Waals surface area contributed by atoms with Gasteiger partial charge in [-0.1, -0.05) is 12.1 Å². The summed E-state index contributed by atoms with van der Waals surface area (Å²) in [5.41, 5.74) is -1.83. The van der Waals surface area contributed by atoms with Crippen LogP contribution < -0.4 is 5.32 Å². The first-order chi connectivity index (χ1) is 12.4. The highest BCUT2D eigenvalue weighted by Crippen LogP contribution is 2.40. The molecule has 3 N–H and O–H groups in total. The van der Waals surface area contributed by atoms with Crippen molar-refractivity contribution in [1.29, 1.82) is 0 Å². The fourth-order valence-corrected chi connectivity index (χ4v) is 4.69. The van der Waals surface area contributed by atoms with Gasteiger partial charge in [0.2, 0.25) is 10.0 Å². The predicted octanol–water partition coefficient (Wildman–Crippen LogP) is 0.814. The van der Waals surface area contributed by atoms with E-state index in [-0.39, 0.29) is 37.6 Å². The van der Waals surface area contributed by atoms with Crippen LogP contribution in [-0.4, -0.2) is 60.6 Å². The van der Waals surface area contributed by atoms with Gasteiger partial charge in [-0.25, -0.2) is 12.7 Å². The lowest BCUT2D eigenvalue weighted by molar-refractivity contribution is -0.169. The lowest BCUT2D eigenvalue weighted by Gasteiger charge is -2.45. The molecule has 1 heterocycles. The molecular formula is C18H26N2O6S. The largest absolute Gasteiger partial charge is 0.481 e. The van der Waals surface area contributed by atoms with Crippen LogP contribution in [-0.2, 0) is 20.6 Å². The summed E-state index contributed by atoms with van der Waals surface area (Å²) in [5, 5.41) is 22.5. The molecule has 1 aliphatic heterocycles. The topological polar surface area (TPSA) is 124 Å². The van der Waals surface area contributed by atoms with Crippen LogP contribution in [0.2, 0.25) is 0 Å². The fraction of sp³-hybridized carbons (Fsp3) is 0.556. The van der Waals surface area contributed by atoms with Crippen molar-refractivity contribution in [3.63, 3.8) is 0 Å². The minimum Gasteiger partial charge on any atom is -0.481 e. The Bertz CT molecular complexity index is 809. The quantitative estimate of drug-likeness (QED) is 0.652. The number of amides is 1. The summed E-state index contributed by atoms with van der Waals surface area (Å²) < 4.78 is 26.6. The van der Waals surface area contributed by atoms with Crippen LogP contribution in [0.4, 0.5) is 0 Å². The third-order valence-electron chi connectivity index (χ3n) is 5.43. The molecule has 1 fully saturated rings. The average molecular weight is 398 g/mol. The van der Waals surface area contributed by atoms with Crippen molar-refractivity contribution in [1.82, 2.24) is 9.62 Å². The molecule has 0 aliphatic carbocycles. The normalized spacial score (nSPS) is 18.1. The molecule has 0 atom stereocenters. The first-order valence-electron chi connectivity index (χ1n) is 8.67. The van der Waals surface area contributed by atoms with E-state index in [0.29, 0.717) is 11.1 Å². The number of hydrogen-bond acceptors (Lipinski definition) is 5. The SMILES string of the molecule is CNC(=O)c1ccc(CS(=O)(=O)N2CCC(O)(C(C)(C)C(=O)O)CC2)cc1. The molecule has 8 nitrogen and oxygen atoms in total. The van der Waals surface area contributed by atoms with Crippen LogP contribution in [0.3, 0.4) is 0 Å². The highest BCUT2D eigenvalue weighted by molar-refractivity contribution is 7.88. The van der Waals surface area contributed by atoms with Gasteiger partial charge in [0.05, 0.1) is 16.8 Å². The number of carbonyl (C=O) groups is 2. The maximum absolute atomic E-state index is 12.7. The predicted molar refractivity (Wildman–Crippen MR) is 99.6 cm³/mol. The number of aliphatic hydroxyl groups is 1. The summed E-state index contributed by atoms with van der Waals surface area (Å²) in [6.45, 7) is 3.03. The number of carbonyl (C=O) groups excluding carboxylic acids is 1. The highest BCUT2D eigenvalue weighted by Gasteiger charge is 2.51. The van der Waals surface area contributed by atoms with Crippen LogP contribution in [0.1, 0.15) is 42.6 Å². The zero-order chi connectivity index (χ0) is 20.5. The number of carboxylic acid groups (broad SMARTS) is 1. The van der Waals surface area contributed by atoms with Gasteiger partial charge < -0.3 is 15.5 Å². The summed E-state index contributed by atoms with van der Waals surface area (Å²) in [6, 6.07) is 6.31. The van der Waals surface area contributed by atoms with Gasteiger partial charge in [0.1, 0.15) is 0 Å². The van der Waals surface area contributed by atoms with E-state index in [0.717, 1.165) is 0 Å². The monoisotopic (exact) mass is 398 g/mol. The number of aliphatic carboxylic acids is 1. The summed E-state index contributed by atoms with van der Waals surface area (Å²) >= 11 is 0. The molecule has 0 bridgehead atoms. The zero-order valence-electron chi connectivity index (χ0n) is 15.7. The van der Waals surface area contributed by atoms with E-state index in [9.17, 15) is 28.2 Å². The van der Waals surface area contributed by atoms with Gasteiger partial charge >= 0.3 is 5.97 Å². The number of nitrogens with zero attached hydrogens (tertiary/aromatic N) is 1. The fourth-order valence-electron chi connectivity index (χ4n) is 3.16. The van der Waals surface area contributed by atoms with Gasteiger partial charge in [-0.15, -0.1) is 0 Å². The minimum absolute atomic E-state index is 0.0567. The number of piperidine rings is 1. The number of hydrogen-bond donors (Lipinski definition) is 3. The van der Waals surface area contributed by atoms with Gasteiger partial charge in [-0.3, -0.25) is 9.59 Å². The molecule has 0 unspecified atom stereocenters. The lowest BCUT2D eigenvalue weighted by atomic mass is 9.70. The zero-order valence-corrected chi connectivity index (χ0v) is 16.5. The van der Waals surface area contributed by atoms with E-state index < -0.39 is 27.0 Å². The van der Waals surface area contributed by atoms with Gasteiger partial charge in [-0.2, -0.15) is 0 Å². The number of sulfonamides is 1. The second kappa shape index (κ2) is 7.57. The van der Waals surface area contributed by atoms with Gasteiger partial charge in [0.25, 0.3) is 5.91 Å². The van der Waals surface area contributed by atoms with Crippen LogP contribution in [0.25, 0.3) is 0 Å². The van der Waals surface area contributed by atoms with Crippen molar-refractivity contribution < 1.29 is 28.2 Å². The maximum Gasteiger partial charge on any atom is 0.312 e. The second-order valence-electron chi connectivity index (χ2n) is 7.39. The first kappa shape index (κ1) is 21.3. The third-order valence-corrected chi connectivity index (χ3v) is 7.28. The molecule has 27 heavy (non-hydrogen) atoms. The molecule has 0 saturated carbocycles. The maximum atomic E-state index is 12.7. The lowest BCUT2D eigenvalue weighted by Crippen LogP contribution is -2.56. The van der Waals surface area contributed by atoms with E-state index in [1.807, 2.05) is 0 Å². The van der Waals surface area contributed by atoms with E-state index >= 15 is 0 Å². The Labute approximate surface area is 159 Å². The van der Waals surface area contributed by atoms with Crippen molar-refractivity contribution in [3.8, 4) is 0 Å². The molecule has 0 radical (unpaired) electrons. The average Bonchev–Trinajstić information content (AvgIpc) is 2.61. The molecule has 1 aromatic rings. The summed E-state index contributed by atoms with van der Waals surface area (Å²) in [6.07, 6.45) is 0.113. The smallest absolute Gasteiger partial charge is 0.312 e. The number of carboxylic acids is 1. The van der Waals surface area contributed by atoms with E-state index in [2.05, 4.69) is 5.32 Å².